The fourth-order valence-corrected chi connectivity index (χ4v) is 3.30. The van der Waals surface area contributed by atoms with E-state index in [2.05, 4.69) is 12.1 Å². The third kappa shape index (κ3) is 3.21. The molecule has 1 aromatic carbocycles. The van der Waals surface area contributed by atoms with Crippen LogP contribution in [0.15, 0.2) is 35.0 Å². The zero-order valence-electron chi connectivity index (χ0n) is 12.2. The van der Waals surface area contributed by atoms with E-state index in [9.17, 15) is 4.79 Å². The zero-order chi connectivity index (χ0) is 14.7. The van der Waals surface area contributed by atoms with Gasteiger partial charge in [-0.05, 0) is 30.6 Å². The lowest BCUT2D eigenvalue weighted by Crippen LogP contribution is -2.06. The Balaban J connectivity index is 1.85. The summed E-state index contributed by atoms with van der Waals surface area (Å²) in [5.41, 5.74) is 2.53. The first kappa shape index (κ1) is 14.4. The molecule has 0 radical (unpaired) electrons. The summed E-state index contributed by atoms with van der Waals surface area (Å²) in [5, 5.41) is 3.83. The van der Waals surface area contributed by atoms with Gasteiger partial charge in [0.05, 0.1) is 11.8 Å². The molecule has 21 heavy (non-hydrogen) atoms. The lowest BCUT2D eigenvalue weighted by Gasteiger charge is -2.08. The molecule has 1 fully saturated rings. The number of carbonyl (C=O) groups is 1. The summed E-state index contributed by atoms with van der Waals surface area (Å²) < 4.78 is 5.29. The molecule has 3 rings (SSSR count). The molecule has 0 N–H and O–H groups in total. The molecule has 0 amide bonds. The van der Waals surface area contributed by atoms with Gasteiger partial charge < -0.3 is 4.52 Å². The van der Waals surface area contributed by atoms with Crippen molar-refractivity contribution in [2.24, 2.45) is 0 Å². The molecule has 0 aliphatic heterocycles. The first-order valence-electron chi connectivity index (χ1n) is 7.46. The van der Waals surface area contributed by atoms with Gasteiger partial charge in [0.15, 0.2) is 11.5 Å². The number of ketones is 1. The van der Waals surface area contributed by atoms with Crippen LogP contribution in [0.25, 0.3) is 0 Å². The molecule has 110 valence electrons. The van der Waals surface area contributed by atoms with E-state index < -0.39 is 0 Å². The molecule has 1 heterocycles. The van der Waals surface area contributed by atoms with E-state index in [0.29, 0.717) is 11.5 Å². The molecule has 0 saturated heterocycles. The third-order valence-electron chi connectivity index (χ3n) is 3.66. The smallest absolute Gasteiger partial charge is 0.198 e. The van der Waals surface area contributed by atoms with Crippen LogP contribution in [0.2, 0.25) is 0 Å². The maximum atomic E-state index is 12.8. The quantitative estimate of drug-likeness (QED) is 0.560. The molecular formula is C17H19NO2S. The van der Waals surface area contributed by atoms with E-state index in [1.54, 1.807) is 6.20 Å². The second-order valence-corrected chi connectivity index (χ2v) is 6.52. The van der Waals surface area contributed by atoms with Gasteiger partial charge in [0.1, 0.15) is 0 Å². The number of nitrogens with zero attached hydrogens (tertiary/aromatic N) is 1. The topological polar surface area (TPSA) is 43.1 Å². The molecule has 0 bridgehead atoms. The van der Waals surface area contributed by atoms with E-state index in [1.165, 1.54) is 0 Å². The molecule has 1 aliphatic rings. The Hall–Kier alpha value is -1.55. The molecule has 0 unspecified atom stereocenters. The highest BCUT2D eigenvalue weighted by atomic mass is 32.2. The largest absolute Gasteiger partial charge is 0.360 e. The van der Waals surface area contributed by atoms with Crippen LogP contribution in [-0.4, -0.2) is 16.7 Å². The van der Waals surface area contributed by atoms with Gasteiger partial charge in [-0.25, -0.2) is 0 Å². The van der Waals surface area contributed by atoms with Crippen molar-refractivity contribution in [2.75, 3.05) is 5.75 Å². The van der Waals surface area contributed by atoms with E-state index in [0.717, 1.165) is 47.7 Å². The van der Waals surface area contributed by atoms with Crippen molar-refractivity contribution in [1.82, 2.24) is 5.16 Å². The molecule has 1 aromatic heterocycles. The Kier molecular flexibility index (Phi) is 4.44. The van der Waals surface area contributed by atoms with Crippen molar-refractivity contribution in [3.8, 4) is 0 Å². The van der Waals surface area contributed by atoms with Gasteiger partial charge in [-0.1, -0.05) is 36.3 Å². The Bertz CT molecular complexity index is 631. The summed E-state index contributed by atoms with van der Waals surface area (Å²) in [4.78, 5) is 12.8. The minimum Gasteiger partial charge on any atom is -0.360 e. The lowest BCUT2D eigenvalue weighted by atomic mass is 9.99. The molecule has 0 atom stereocenters. The van der Waals surface area contributed by atoms with Crippen molar-refractivity contribution >= 4 is 17.5 Å². The Morgan fingerprint density at radius 1 is 1.33 bits per heavy atom. The molecular weight excluding hydrogens is 282 g/mol. The molecule has 2 aromatic rings. The monoisotopic (exact) mass is 301 g/mol. The maximum absolute atomic E-state index is 12.8. The van der Waals surface area contributed by atoms with Crippen LogP contribution in [0.3, 0.4) is 0 Å². The number of thioether (sulfide) groups is 1. The summed E-state index contributed by atoms with van der Waals surface area (Å²) in [5.74, 6) is 3.21. The van der Waals surface area contributed by atoms with Crippen molar-refractivity contribution in [1.29, 1.82) is 0 Å². The second-order valence-electron chi connectivity index (χ2n) is 5.42. The minimum absolute atomic E-state index is 0.0471. The summed E-state index contributed by atoms with van der Waals surface area (Å²) in [6, 6.07) is 7.87. The first-order valence-corrected chi connectivity index (χ1v) is 8.61. The Labute approximate surface area is 129 Å². The van der Waals surface area contributed by atoms with Gasteiger partial charge in [0, 0.05) is 17.2 Å². The van der Waals surface area contributed by atoms with E-state index in [1.807, 2.05) is 36.0 Å². The van der Waals surface area contributed by atoms with Gasteiger partial charge in [-0.15, -0.1) is 0 Å². The van der Waals surface area contributed by atoms with Crippen LogP contribution < -0.4 is 0 Å². The number of benzene rings is 1. The number of carbonyl (C=O) groups excluding carboxylic acids is 1. The van der Waals surface area contributed by atoms with Gasteiger partial charge in [-0.3, -0.25) is 4.79 Å². The van der Waals surface area contributed by atoms with Crippen molar-refractivity contribution < 1.29 is 9.32 Å². The van der Waals surface area contributed by atoms with Crippen LogP contribution in [0, 0.1) is 0 Å². The molecule has 0 spiro atoms. The number of rotatable bonds is 7. The number of hydrogen-bond donors (Lipinski definition) is 0. The number of aromatic nitrogens is 1. The first-order chi connectivity index (χ1) is 10.3. The Morgan fingerprint density at radius 3 is 2.90 bits per heavy atom. The van der Waals surface area contributed by atoms with Crippen molar-refractivity contribution in [3.63, 3.8) is 0 Å². The molecule has 3 nitrogen and oxygen atoms in total. The summed E-state index contributed by atoms with van der Waals surface area (Å²) in [7, 11) is 0. The normalized spacial score (nSPS) is 14.3. The highest BCUT2D eigenvalue weighted by molar-refractivity contribution is 7.98. The average molecular weight is 301 g/mol. The van der Waals surface area contributed by atoms with Crippen LogP contribution in [0.4, 0.5) is 0 Å². The van der Waals surface area contributed by atoms with E-state index >= 15 is 0 Å². The van der Waals surface area contributed by atoms with Crippen LogP contribution in [-0.2, 0) is 5.75 Å². The summed E-state index contributed by atoms with van der Waals surface area (Å²) >= 11 is 1.87. The fraction of sp³-hybridized carbons (Fsp3) is 0.412. The lowest BCUT2D eigenvalue weighted by molar-refractivity contribution is 0.103. The predicted octanol–water partition coefficient (Wildman–Crippen LogP) is 4.43. The maximum Gasteiger partial charge on any atom is 0.198 e. The predicted molar refractivity (Wildman–Crippen MR) is 84.8 cm³/mol. The van der Waals surface area contributed by atoms with Crippen LogP contribution in [0.5, 0.6) is 0 Å². The van der Waals surface area contributed by atoms with Crippen LogP contribution >= 0.6 is 11.8 Å². The Morgan fingerprint density at radius 2 is 2.14 bits per heavy atom. The van der Waals surface area contributed by atoms with Crippen molar-refractivity contribution in [2.45, 2.75) is 37.9 Å². The zero-order valence-corrected chi connectivity index (χ0v) is 13.0. The highest BCUT2D eigenvalue weighted by Crippen LogP contribution is 2.42. The van der Waals surface area contributed by atoms with Crippen LogP contribution in [0.1, 0.15) is 59.3 Å². The molecule has 1 saturated carbocycles. The SMILES string of the molecule is CCCSCc1ccccc1C(=O)c1cnoc1C1CC1. The highest BCUT2D eigenvalue weighted by Gasteiger charge is 2.33. The van der Waals surface area contributed by atoms with E-state index in [-0.39, 0.29) is 5.78 Å². The molecule has 4 heteroatoms. The van der Waals surface area contributed by atoms with E-state index in [4.69, 9.17) is 4.52 Å². The summed E-state index contributed by atoms with van der Waals surface area (Å²) in [6.07, 6.45) is 4.93. The second kappa shape index (κ2) is 6.48. The number of hydrogen-bond acceptors (Lipinski definition) is 4. The summed E-state index contributed by atoms with van der Waals surface area (Å²) in [6.45, 7) is 2.17. The van der Waals surface area contributed by atoms with Crippen molar-refractivity contribution in [3.05, 3.63) is 52.9 Å². The van der Waals surface area contributed by atoms with Gasteiger partial charge in [0.2, 0.25) is 0 Å². The molecule has 1 aliphatic carbocycles. The average Bonchev–Trinajstić information content (AvgIpc) is 3.24. The van der Waals surface area contributed by atoms with Gasteiger partial charge in [0.25, 0.3) is 0 Å². The minimum atomic E-state index is 0.0471. The van der Waals surface area contributed by atoms with Gasteiger partial charge >= 0.3 is 0 Å². The fourth-order valence-electron chi connectivity index (χ4n) is 2.40. The van der Waals surface area contributed by atoms with Gasteiger partial charge in [-0.2, -0.15) is 11.8 Å². The standard InChI is InChI=1S/C17H19NO2S/c1-2-9-21-11-13-5-3-4-6-14(13)16(19)15-10-18-20-17(15)12-7-8-12/h3-6,10,12H,2,7-9,11H2,1H3. The third-order valence-corrected chi connectivity index (χ3v) is 4.87.